The molecule has 0 spiro atoms. The van der Waals surface area contributed by atoms with Gasteiger partial charge < -0.3 is 15.2 Å². The largest absolute Gasteiger partial charge is 0.480 e. The second-order valence-corrected chi connectivity index (χ2v) is 11.7. The molecule has 1 saturated heterocycles. The zero-order valence-electron chi connectivity index (χ0n) is 20.7. The van der Waals surface area contributed by atoms with Gasteiger partial charge in [0, 0.05) is 29.1 Å². The fraction of sp³-hybridized carbons (Fsp3) is 0.231. The molecule has 2 atom stereocenters. The first-order valence-corrected chi connectivity index (χ1v) is 14.2. The van der Waals surface area contributed by atoms with Crippen molar-refractivity contribution in [2.45, 2.75) is 36.2 Å². The molecule has 40 heavy (non-hydrogen) atoms. The van der Waals surface area contributed by atoms with Crippen LogP contribution in [0.3, 0.4) is 0 Å². The van der Waals surface area contributed by atoms with E-state index in [1.165, 1.54) is 48.5 Å². The van der Waals surface area contributed by atoms with E-state index in [0.29, 0.717) is 17.7 Å². The van der Waals surface area contributed by atoms with Crippen LogP contribution in [0.25, 0.3) is 0 Å². The quantitative estimate of drug-likeness (QED) is 0.249. The number of benzene rings is 3. The van der Waals surface area contributed by atoms with Crippen molar-refractivity contribution in [2.75, 3.05) is 6.54 Å². The number of hydrogen-bond donors (Lipinski definition) is 2. The fourth-order valence-corrected chi connectivity index (χ4v) is 6.70. The topological polar surface area (TPSA) is 156 Å². The van der Waals surface area contributed by atoms with Gasteiger partial charge in [-0.1, -0.05) is 47.5 Å². The Kier molecular flexibility index (Phi) is 8.94. The predicted molar refractivity (Wildman–Crippen MR) is 146 cm³/mol. The van der Waals surface area contributed by atoms with Gasteiger partial charge in [-0.25, -0.2) is 13.2 Å². The van der Waals surface area contributed by atoms with Gasteiger partial charge in [-0.3, -0.25) is 14.9 Å². The van der Waals surface area contributed by atoms with Crippen LogP contribution in [0.1, 0.15) is 18.4 Å². The molecule has 0 aliphatic carbocycles. The molecule has 4 rings (SSSR count). The molecule has 1 aliphatic heterocycles. The third-order valence-corrected chi connectivity index (χ3v) is 8.54. The third-order valence-electron chi connectivity index (χ3n) is 6.22. The Hall–Kier alpha value is -3.71. The van der Waals surface area contributed by atoms with Crippen molar-refractivity contribution < 1.29 is 32.8 Å². The average Bonchev–Trinajstić information content (AvgIpc) is 3.40. The standard InChI is InChI=1S/C26H23Cl2N3O8S/c27-17-13-18(28)15-20(14-17)40(37,38)30-11-3-5-23(30)25(32)29-21(26(33)34)12-16-7-9-19(10-8-16)39-24-6-2-1-4-22(24)31(35)36/h1-2,4,6-10,13-15,21,23H,3,5,11-12H2,(H,29,32)(H,33,34)/t21-,23-/m0/s1. The van der Waals surface area contributed by atoms with E-state index < -0.39 is 38.9 Å². The van der Waals surface area contributed by atoms with Crippen molar-refractivity contribution in [3.05, 3.63) is 92.5 Å². The third kappa shape index (κ3) is 6.70. The molecular formula is C26H23Cl2N3O8S. The van der Waals surface area contributed by atoms with E-state index in [0.717, 1.165) is 4.31 Å². The van der Waals surface area contributed by atoms with Crippen molar-refractivity contribution >= 4 is 50.8 Å². The lowest BCUT2D eigenvalue weighted by Gasteiger charge is -2.25. The maximum Gasteiger partial charge on any atom is 0.326 e. The summed E-state index contributed by atoms with van der Waals surface area (Å²) in [5.41, 5.74) is 0.328. The van der Waals surface area contributed by atoms with E-state index in [4.69, 9.17) is 27.9 Å². The van der Waals surface area contributed by atoms with E-state index in [1.54, 1.807) is 18.2 Å². The SMILES string of the molecule is O=C(O)[C@H](Cc1ccc(Oc2ccccc2[N+](=O)[O-])cc1)NC(=O)[C@@H]1CCCN1S(=O)(=O)c1cc(Cl)cc(Cl)c1. The first-order valence-electron chi connectivity index (χ1n) is 12.0. The highest BCUT2D eigenvalue weighted by molar-refractivity contribution is 7.89. The van der Waals surface area contributed by atoms with Gasteiger partial charge in [0.2, 0.25) is 21.7 Å². The van der Waals surface area contributed by atoms with Crippen molar-refractivity contribution in [3.63, 3.8) is 0 Å². The van der Waals surface area contributed by atoms with Crippen molar-refractivity contribution in [2.24, 2.45) is 0 Å². The Bertz CT molecular complexity index is 1530. The number of rotatable bonds is 10. The predicted octanol–water partition coefficient (Wildman–Crippen LogP) is 4.66. The van der Waals surface area contributed by atoms with Gasteiger partial charge in [0.25, 0.3) is 0 Å². The van der Waals surface area contributed by atoms with Gasteiger partial charge in [-0.15, -0.1) is 0 Å². The van der Waals surface area contributed by atoms with Crippen LogP contribution in [0.4, 0.5) is 5.69 Å². The number of ether oxygens (including phenoxy) is 1. The summed E-state index contributed by atoms with van der Waals surface area (Å²) in [5, 5.41) is 23.7. The van der Waals surface area contributed by atoms with Gasteiger partial charge in [0.05, 0.1) is 9.82 Å². The highest BCUT2D eigenvalue weighted by Gasteiger charge is 2.40. The molecule has 0 radical (unpaired) electrons. The average molecular weight is 608 g/mol. The number of para-hydroxylation sites is 2. The molecule has 1 amide bonds. The number of nitrogens with zero attached hydrogens (tertiary/aromatic N) is 2. The zero-order valence-corrected chi connectivity index (χ0v) is 23.0. The summed E-state index contributed by atoms with van der Waals surface area (Å²) in [6.07, 6.45) is 0.518. The lowest BCUT2D eigenvalue weighted by Crippen LogP contribution is -2.51. The first kappa shape index (κ1) is 29.3. The van der Waals surface area contributed by atoms with E-state index in [9.17, 15) is 33.2 Å². The summed E-state index contributed by atoms with van der Waals surface area (Å²) in [6, 6.07) is 13.5. The zero-order chi connectivity index (χ0) is 29.0. The molecule has 210 valence electrons. The number of carboxylic acids is 1. The molecule has 2 N–H and O–H groups in total. The van der Waals surface area contributed by atoms with Gasteiger partial charge in [0.15, 0.2) is 0 Å². The Morgan fingerprint density at radius 2 is 1.75 bits per heavy atom. The van der Waals surface area contributed by atoms with Gasteiger partial charge in [-0.05, 0) is 54.8 Å². The minimum atomic E-state index is -4.13. The number of nitro benzene ring substituents is 1. The van der Waals surface area contributed by atoms with Crippen LogP contribution < -0.4 is 10.1 Å². The number of sulfonamides is 1. The number of aliphatic carboxylic acids is 1. The highest BCUT2D eigenvalue weighted by atomic mass is 35.5. The summed E-state index contributed by atoms with van der Waals surface area (Å²) in [5.74, 6) is -1.70. The number of amides is 1. The molecule has 1 fully saturated rings. The lowest BCUT2D eigenvalue weighted by atomic mass is 10.1. The van der Waals surface area contributed by atoms with Crippen LogP contribution in [0.5, 0.6) is 11.5 Å². The van der Waals surface area contributed by atoms with Gasteiger partial charge in [0.1, 0.15) is 17.8 Å². The molecule has 0 unspecified atom stereocenters. The van der Waals surface area contributed by atoms with E-state index in [-0.39, 0.29) is 45.8 Å². The lowest BCUT2D eigenvalue weighted by molar-refractivity contribution is -0.385. The van der Waals surface area contributed by atoms with Crippen LogP contribution in [-0.2, 0) is 26.0 Å². The summed E-state index contributed by atoms with van der Waals surface area (Å²) in [7, 11) is -4.13. The van der Waals surface area contributed by atoms with Gasteiger partial charge >= 0.3 is 11.7 Å². The molecule has 11 nitrogen and oxygen atoms in total. The summed E-state index contributed by atoms with van der Waals surface area (Å²) < 4.78 is 33.1. The maximum absolute atomic E-state index is 13.2. The number of carbonyl (C=O) groups is 2. The number of nitro groups is 1. The molecule has 3 aromatic carbocycles. The second-order valence-electron chi connectivity index (χ2n) is 8.95. The van der Waals surface area contributed by atoms with E-state index >= 15 is 0 Å². The van der Waals surface area contributed by atoms with Crippen LogP contribution in [0.2, 0.25) is 10.0 Å². The highest BCUT2D eigenvalue weighted by Crippen LogP contribution is 2.32. The minimum absolute atomic E-state index is 0.0482. The normalized spacial score (nSPS) is 16.3. The van der Waals surface area contributed by atoms with E-state index in [2.05, 4.69) is 5.32 Å². The molecule has 1 aliphatic rings. The number of hydrogen-bond acceptors (Lipinski definition) is 7. The fourth-order valence-electron chi connectivity index (χ4n) is 4.32. The summed E-state index contributed by atoms with van der Waals surface area (Å²) >= 11 is 11.9. The number of nitrogens with one attached hydrogen (secondary N) is 1. The summed E-state index contributed by atoms with van der Waals surface area (Å²) in [4.78, 5) is 35.6. The van der Waals surface area contributed by atoms with Crippen molar-refractivity contribution in [1.82, 2.24) is 9.62 Å². The van der Waals surface area contributed by atoms with Crippen LogP contribution in [0.15, 0.2) is 71.6 Å². The molecule has 0 saturated carbocycles. The van der Waals surface area contributed by atoms with E-state index in [1.807, 2.05) is 0 Å². The van der Waals surface area contributed by atoms with Crippen molar-refractivity contribution in [1.29, 1.82) is 0 Å². The summed E-state index contributed by atoms with van der Waals surface area (Å²) in [6.45, 7) is 0.0727. The number of carboxylic acid groups (broad SMARTS) is 1. The first-order chi connectivity index (χ1) is 19.0. The molecule has 3 aromatic rings. The molecule has 0 bridgehead atoms. The molecular weight excluding hydrogens is 585 g/mol. The van der Waals surface area contributed by atoms with Crippen molar-refractivity contribution in [3.8, 4) is 11.5 Å². The van der Waals surface area contributed by atoms with Crippen LogP contribution >= 0.6 is 23.2 Å². The number of halogens is 2. The Morgan fingerprint density at radius 1 is 1.10 bits per heavy atom. The number of carbonyl (C=O) groups excluding carboxylic acids is 1. The van der Waals surface area contributed by atoms with Crippen LogP contribution in [-0.4, -0.2) is 53.3 Å². The Morgan fingerprint density at radius 3 is 2.38 bits per heavy atom. The monoisotopic (exact) mass is 607 g/mol. The molecule has 14 heteroatoms. The van der Waals surface area contributed by atoms with Crippen LogP contribution in [0, 0.1) is 10.1 Å². The maximum atomic E-state index is 13.2. The minimum Gasteiger partial charge on any atom is -0.480 e. The van der Waals surface area contributed by atoms with Gasteiger partial charge in [-0.2, -0.15) is 4.31 Å². The molecule has 1 heterocycles. The smallest absolute Gasteiger partial charge is 0.326 e. The Balaban J connectivity index is 1.45. The Labute approximate surface area is 239 Å². The molecule has 0 aromatic heterocycles. The second kappa shape index (κ2) is 12.2.